The third-order valence-corrected chi connectivity index (χ3v) is 10.2. The van der Waals surface area contributed by atoms with Crippen LogP contribution in [0.1, 0.15) is 11.1 Å². The van der Waals surface area contributed by atoms with Crippen molar-refractivity contribution < 1.29 is 39.7 Å². The van der Waals surface area contributed by atoms with Gasteiger partial charge in [-0.05, 0) is 74.8 Å². The van der Waals surface area contributed by atoms with Gasteiger partial charge in [0, 0.05) is 5.30 Å². The summed E-state index contributed by atoms with van der Waals surface area (Å²) in [5.41, 5.74) is -2.72. The van der Waals surface area contributed by atoms with E-state index in [2.05, 4.69) is 0 Å². The molecule has 0 atom stereocenters. The van der Waals surface area contributed by atoms with Crippen LogP contribution in [0, 0.1) is 11.6 Å². The smallest absolute Gasteiger partial charge is 0.308 e. The van der Waals surface area contributed by atoms with Crippen molar-refractivity contribution in [2.24, 2.45) is 0 Å². The van der Waals surface area contributed by atoms with E-state index in [4.69, 9.17) is 0 Å². The zero-order valence-corrected chi connectivity index (χ0v) is 20.9. The van der Waals surface area contributed by atoms with Crippen LogP contribution >= 0.6 is 7.14 Å². The zero-order chi connectivity index (χ0) is 28.6. The molecule has 0 bridgehead atoms. The molecule has 40 heavy (non-hydrogen) atoms. The Morgan fingerprint density at radius 3 is 1.40 bits per heavy atom. The maximum atomic E-state index is 15.5. The highest BCUT2D eigenvalue weighted by atomic mass is 31.2. The molecule has 0 heterocycles. The predicted molar refractivity (Wildman–Crippen MR) is 139 cm³/mol. The normalized spacial score (nSPS) is 13.1. The molecule has 0 fully saturated rings. The molecule has 0 unspecified atom stereocenters. The summed E-state index contributed by atoms with van der Waals surface area (Å²) in [7, 11) is -4.74. The molecule has 0 N–H and O–H groups in total. The summed E-state index contributed by atoms with van der Waals surface area (Å²) < 4.78 is 126. The van der Waals surface area contributed by atoms with Crippen LogP contribution in [0.15, 0.2) is 91.0 Å². The molecular weight excluding hydrogens is 559 g/mol. The Bertz CT molecular complexity index is 1910. The van der Waals surface area contributed by atoms with Gasteiger partial charge in [-0.15, -0.1) is 0 Å². The summed E-state index contributed by atoms with van der Waals surface area (Å²) in [5, 5.41) is 2.41. The molecule has 6 aromatic carbocycles. The highest BCUT2D eigenvalue weighted by Gasteiger charge is 2.40. The van der Waals surface area contributed by atoms with Gasteiger partial charge in [-0.2, -0.15) is 26.3 Å². The summed E-state index contributed by atoms with van der Waals surface area (Å²) in [6.07, 6.45) is -9.84. The molecule has 10 heteroatoms. The molecule has 6 aromatic rings. The number of hydrogen-bond donors (Lipinski definition) is 0. The van der Waals surface area contributed by atoms with E-state index >= 15 is 13.3 Å². The molecule has 6 rings (SSSR count). The van der Waals surface area contributed by atoms with E-state index in [1.165, 1.54) is 6.07 Å². The van der Waals surface area contributed by atoms with Crippen molar-refractivity contribution in [1.82, 2.24) is 0 Å². The summed E-state index contributed by atoms with van der Waals surface area (Å²) in [5.74, 6) is -3.05. The van der Waals surface area contributed by atoms with E-state index in [9.17, 15) is 26.3 Å². The Morgan fingerprint density at radius 2 is 0.925 bits per heavy atom. The van der Waals surface area contributed by atoms with Gasteiger partial charge in [0.15, 0.2) is 7.14 Å². The molecule has 0 aromatic heterocycles. The molecule has 0 aliphatic rings. The number of rotatable bonds is 3. The Morgan fingerprint density at radius 1 is 0.500 bits per heavy atom. The summed E-state index contributed by atoms with van der Waals surface area (Å²) in [6, 6.07) is 18.1. The lowest BCUT2D eigenvalue weighted by Gasteiger charge is -2.24. The molecule has 0 amide bonds. The molecule has 0 aliphatic carbocycles. The first-order valence-electron chi connectivity index (χ1n) is 11.8. The molecule has 0 spiro atoms. The average molecular weight is 574 g/mol. The fraction of sp³-hybridized carbons (Fsp3) is 0.0667. The maximum Gasteiger partial charge on any atom is 0.416 e. The van der Waals surface area contributed by atoms with Gasteiger partial charge >= 0.3 is 12.4 Å². The molecule has 0 saturated carbocycles. The van der Waals surface area contributed by atoms with Crippen molar-refractivity contribution in [1.29, 1.82) is 0 Å². The average Bonchev–Trinajstić information content (AvgIpc) is 2.90. The van der Waals surface area contributed by atoms with Crippen LogP contribution in [0.3, 0.4) is 0 Å². The van der Waals surface area contributed by atoms with Gasteiger partial charge in [0.25, 0.3) is 0 Å². The predicted octanol–water partition coefficient (Wildman–Crippen LogP) is 8.54. The van der Waals surface area contributed by atoms with Crippen LogP contribution in [0.4, 0.5) is 35.1 Å². The number of hydrogen-bond acceptors (Lipinski definition) is 1. The number of alkyl halides is 6. The second-order valence-electron chi connectivity index (χ2n) is 9.38. The van der Waals surface area contributed by atoms with Crippen LogP contribution in [-0.4, -0.2) is 0 Å². The molecular formula is C30H15F8OP. The van der Waals surface area contributed by atoms with Crippen LogP contribution in [0.25, 0.3) is 32.3 Å². The van der Waals surface area contributed by atoms with Gasteiger partial charge in [0.2, 0.25) is 0 Å². The molecule has 1 nitrogen and oxygen atoms in total. The summed E-state index contributed by atoms with van der Waals surface area (Å²) in [6.45, 7) is 0. The van der Waals surface area contributed by atoms with E-state index in [1.807, 2.05) is 24.3 Å². The first kappa shape index (κ1) is 26.3. The highest BCUT2D eigenvalue weighted by Crippen LogP contribution is 2.48. The Labute approximate surface area is 221 Å². The molecule has 0 radical (unpaired) electrons. The lowest BCUT2D eigenvalue weighted by molar-refractivity contribution is -0.138. The fourth-order valence-corrected chi connectivity index (χ4v) is 8.15. The largest absolute Gasteiger partial charge is 0.416 e. The van der Waals surface area contributed by atoms with Gasteiger partial charge < -0.3 is 4.57 Å². The molecule has 0 saturated heterocycles. The Balaban J connectivity index is 1.73. The van der Waals surface area contributed by atoms with Crippen LogP contribution in [0.5, 0.6) is 0 Å². The maximum absolute atomic E-state index is 15.5. The first-order valence-corrected chi connectivity index (χ1v) is 13.5. The minimum Gasteiger partial charge on any atom is -0.308 e. The standard InChI is InChI=1S/C30H15F8OP/c31-22-14-19(29(33,34)35)8-12-25(22)40(39,26-13-9-20(15-23(26)32)30(36,37)38)24-11-7-18-5-4-16-2-1-3-17-6-10-21(24)28(18)27(16)17/h1-15H. The molecule has 0 aliphatic heterocycles. The van der Waals surface area contributed by atoms with Crippen LogP contribution < -0.4 is 15.9 Å². The Kier molecular flexibility index (Phi) is 5.75. The van der Waals surface area contributed by atoms with Gasteiger partial charge in [-0.1, -0.05) is 48.5 Å². The van der Waals surface area contributed by atoms with E-state index in [0.717, 1.165) is 16.2 Å². The van der Waals surface area contributed by atoms with Gasteiger partial charge in [-0.3, -0.25) is 0 Å². The fourth-order valence-electron chi connectivity index (χ4n) is 5.26. The van der Waals surface area contributed by atoms with E-state index in [1.54, 1.807) is 24.3 Å². The third kappa shape index (κ3) is 3.94. The van der Waals surface area contributed by atoms with E-state index < -0.39 is 52.9 Å². The van der Waals surface area contributed by atoms with Crippen molar-refractivity contribution in [3.63, 3.8) is 0 Å². The minimum atomic E-state index is -4.92. The summed E-state index contributed by atoms with van der Waals surface area (Å²) in [4.78, 5) is 0. The second-order valence-corrected chi connectivity index (χ2v) is 12.0. The number of halogens is 8. The van der Waals surface area contributed by atoms with Crippen molar-refractivity contribution in [2.45, 2.75) is 12.4 Å². The van der Waals surface area contributed by atoms with Gasteiger partial charge in [0.05, 0.1) is 21.7 Å². The van der Waals surface area contributed by atoms with Gasteiger partial charge in [-0.25, -0.2) is 8.78 Å². The number of benzene rings is 6. The van der Waals surface area contributed by atoms with Crippen LogP contribution in [-0.2, 0) is 16.9 Å². The minimum absolute atomic E-state index is 0.115. The van der Waals surface area contributed by atoms with Crippen molar-refractivity contribution in [3.05, 3.63) is 114 Å². The summed E-state index contributed by atoms with van der Waals surface area (Å²) >= 11 is 0. The zero-order valence-electron chi connectivity index (χ0n) is 20.0. The molecule has 202 valence electrons. The van der Waals surface area contributed by atoms with Gasteiger partial charge in [0.1, 0.15) is 11.6 Å². The van der Waals surface area contributed by atoms with Crippen molar-refractivity contribution in [2.75, 3.05) is 0 Å². The quantitative estimate of drug-likeness (QED) is 0.118. The highest BCUT2D eigenvalue weighted by molar-refractivity contribution is 7.85. The van der Waals surface area contributed by atoms with E-state index in [-0.39, 0.29) is 17.4 Å². The lowest BCUT2D eigenvalue weighted by Crippen LogP contribution is -2.30. The van der Waals surface area contributed by atoms with Crippen molar-refractivity contribution >= 4 is 55.4 Å². The Hall–Kier alpha value is -3.97. The first-order chi connectivity index (χ1) is 18.8. The lowest BCUT2D eigenvalue weighted by atomic mass is 9.94. The van der Waals surface area contributed by atoms with Crippen LogP contribution in [0.2, 0.25) is 0 Å². The monoisotopic (exact) mass is 574 g/mol. The topological polar surface area (TPSA) is 17.1 Å². The SMILES string of the molecule is O=P(c1ccc(C(F)(F)F)cc1F)(c1ccc(C(F)(F)F)cc1F)c1ccc2ccc3cccc4ccc1c2c34. The second kappa shape index (κ2) is 8.77. The van der Waals surface area contributed by atoms with E-state index in [0.29, 0.717) is 40.4 Å². The van der Waals surface area contributed by atoms with Crippen molar-refractivity contribution in [3.8, 4) is 0 Å². The third-order valence-electron chi connectivity index (χ3n) is 7.07.